The normalized spacial score (nSPS) is 10.6. The van der Waals surface area contributed by atoms with Crippen LogP contribution in [0.25, 0.3) is 10.9 Å². The van der Waals surface area contributed by atoms with Gasteiger partial charge in [-0.15, -0.1) is 0 Å². The molecule has 2 aromatic carbocycles. The summed E-state index contributed by atoms with van der Waals surface area (Å²) in [5.41, 5.74) is 2.78. The van der Waals surface area contributed by atoms with Crippen LogP contribution < -0.4 is 5.32 Å². The summed E-state index contributed by atoms with van der Waals surface area (Å²) in [6.07, 6.45) is 0. The molecule has 4 heteroatoms. The molecule has 1 aromatic heterocycles. The average molecular weight is 292 g/mol. The van der Waals surface area contributed by atoms with Gasteiger partial charge in [0.2, 0.25) is 0 Å². The molecule has 4 nitrogen and oxygen atoms in total. The van der Waals surface area contributed by atoms with Gasteiger partial charge in [-0.05, 0) is 31.2 Å². The van der Waals surface area contributed by atoms with Gasteiger partial charge in [0, 0.05) is 29.2 Å². The number of rotatable bonds is 3. The molecule has 0 saturated carbocycles. The van der Waals surface area contributed by atoms with E-state index in [-0.39, 0.29) is 11.7 Å². The van der Waals surface area contributed by atoms with E-state index in [1.807, 2.05) is 41.9 Å². The molecule has 0 atom stereocenters. The summed E-state index contributed by atoms with van der Waals surface area (Å²) in [7, 11) is 1.86. The van der Waals surface area contributed by atoms with E-state index < -0.39 is 0 Å². The van der Waals surface area contributed by atoms with Gasteiger partial charge in [0.05, 0.1) is 0 Å². The van der Waals surface area contributed by atoms with Gasteiger partial charge in [-0.2, -0.15) is 0 Å². The molecule has 0 aliphatic heterocycles. The molecule has 0 aliphatic carbocycles. The Morgan fingerprint density at radius 1 is 1.00 bits per heavy atom. The molecule has 3 aromatic rings. The first-order chi connectivity index (χ1) is 10.6. The zero-order chi connectivity index (χ0) is 15.7. The van der Waals surface area contributed by atoms with E-state index in [0.717, 1.165) is 10.9 Å². The quantitative estimate of drug-likeness (QED) is 0.749. The predicted molar refractivity (Wildman–Crippen MR) is 87.3 cm³/mol. The van der Waals surface area contributed by atoms with Gasteiger partial charge in [-0.1, -0.05) is 30.3 Å². The van der Waals surface area contributed by atoms with Crippen LogP contribution in [0.2, 0.25) is 0 Å². The van der Waals surface area contributed by atoms with E-state index in [4.69, 9.17) is 0 Å². The molecule has 1 amide bonds. The number of amides is 1. The lowest BCUT2D eigenvalue weighted by Crippen LogP contribution is -2.15. The van der Waals surface area contributed by atoms with Crippen molar-refractivity contribution in [1.82, 2.24) is 4.57 Å². The van der Waals surface area contributed by atoms with Crippen LogP contribution in [-0.4, -0.2) is 16.3 Å². The average Bonchev–Trinajstić information content (AvgIpc) is 2.85. The van der Waals surface area contributed by atoms with Crippen molar-refractivity contribution in [3.63, 3.8) is 0 Å². The molecular formula is C18H16N2O2. The predicted octanol–water partition coefficient (Wildman–Crippen LogP) is 3.63. The molecule has 0 saturated heterocycles. The minimum atomic E-state index is -0.195. The second-order valence-electron chi connectivity index (χ2n) is 5.24. The molecule has 0 bridgehead atoms. The number of para-hydroxylation sites is 1. The lowest BCUT2D eigenvalue weighted by Gasteiger charge is -2.07. The van der Waals surface area contributed by atoms with Crippen LogP contribution in [0.15, 0.2) is 54.6 Å². The number of nitrogens with one attached hydrogen (secondary N) is 1. The third kappa shape index (κ3) is 2.51. The number of nitrogens with zero attached hydrogens (tertiary/aromatic N) is 1. The maximum atomic E-state index is 12.5. The van der Waals surface area contributed by atoms with Gasteiger partial charge in [0.1, 0.15) is 5.69 Å². The first kappa shape index (κ1) is 14.1. The lowest BCUT2D eigenvalue weighted by atomic mass is 10.1. The van der Waals surface area contributed by atoms with E-state index in [2.05, 4.69) is 5.32 Å². The lowest BCUT2D eigenvalue weighted by molar-refractivity contribution is 0.100. The van der Waals surface area contributed by atoms with Crippen LogP contribution in [0.5, 0.6) is 0 Å². The number of anilines is 1. The minimum Gasteiger partial charge on any atom is -0.340 e. The molecule has 22 heavy (non-hydrogen) atoms. The van der Waals surface area contributed by atoms with Gasteiger partial charge in [-0.3, -0.25) is 9.59 Å². The fraction of sp³-hybridized carbons (Fsp3) is 0.111. The Kier molecular flexibility index (Phi) is 3.51. The van der Waals surface area contributed by atoms with Crippen molar-refractivity contribution in [3.05, 3.63) is 65.9 Å². The largest absolute Gasteiger partial charge is 0.340 e. The summed E-state index contributed by atoms with van der Waals surface area (Å²) in [6, 6.07) is 16.6. The highest BCUT2D eigenvalue weighted by Crippen LogP contribution is 2.20. The monoisotopic (exact) mass is 292 g/mol. The number of aromatic nitrogens is 1. The maximum absolute atomic E-state index is 12.5. The standard InChI is InChI=1S/C18H16N2O2/c1-12(21)13-7-5-8-15(10-13)19-18(22)17-11-14-6-3-4-9-16(14)20(17)2/h3-11H,1-2H3,(H,19,22). The smallest absolute Gasteiger partial charge is 0.272 e. The van der Waals surface area contributed by atoms with E-state index in [1.54, 1.807) is 24.3 Å². The van der Waals surface area contributed by atoms with Crippen molar-refractivity contribution >= 4 is 28.3 Å². The SMILES string of the molecule is CC(=O)c1cccc(NC(=O)c2cc3ccccc3n2C)c1. The van der Waals surface area contributed by atoms with Crippen LogP contribution >= 0.6 is 0 Å². The van der Waals surface area contributed by atoms with E-state index in [9.17, 15) is 9.59 Å². The van der Waals surface area contributed by atoms with Crippen molar-refractivity contribution in [3.8, 4) is 0 Å². The number of aryl methyl sites for hydroxylation is 1. The first-order valence-electron chi connectivity index (χ1n) is 7.03. The Hall–Kier alpha value is -2.88. The van der Waals surface area contributed by atoms with Gasteiger partial charge < -0.3 is 9.88 Å². The number of fused-ring (bicyclic) bond motifs is 1. The van der Waals surface area contributed by atoms with Crippen molar-refractivity contribution in [2.45, 2.75) is 6.92 Å². The summed E-state index contributed by atoms with van der Waals surface area (Å²) >= 11 is 0. The van der Waals surface area contributed by atoms with Crippen molar-refractivity contribution in [2.75, 3.05) is 5.32 Å². The summed E-state index contributed by atoms with van der Waals surface area (Å²) in [4.78, 5) is 23.9. The number of ketones is 1. The third-order valence-electron chi connectivity index (χ3n) is 3.71. The Labute approximate surface area is 128 Å². The van der Waals surface area contributed by atoms with Crippen molar-refractivity contribution < 1.29 is 9.59 Å². The van der Waals surface area contributed by atoms with Gasteiger partial charge >= 0.3 is 0 Å². The van der Waals surface area contributed by atoms with Crippen LogP contribution in [0.1, 0.15) is 27.8 Å². The van der Waals surface area contributed by atoms with Crippen LogP contribution in [0.4, 0.5) is 5.69 Å². The zero-order valence-corrected chi connectivity index (χ0v) is 12.5. The molecule has 1 heterocycles. The highest BCUT2D eigenvalue weighted by atomic mass is 16.2. The molecule has 110 valence electrons. The van der Waals surface area contributed by atoms with Crippen molar-refractivity contribution in [2.24, 2.45) is 7.05 Å². The maximum Gasteiger partial charge on any atom is 0.272 e. The minimum absolute atomic E-state index is 0.0271. The summed E-state index contributed by atoms with van der Waals surface area (Å²) < 4.78 is 1.86. The molecule has 0 aliphatic rings. The number of Topliss-reactive ketones (excluding diaryl/α,β-unsaturated/α-hetero) is 1. The Morgan fingerprint density at radius 2 is 1.77 bits per heavy atom. The molecular weight excluding hydrogens is 276 g/mol. The number of carbonyl (C=O) groups is 2. The number of carbonyl (C=O) groups excluding carboxylic acids is 2. The summed E-state index contributed by atoms with van der Waals surface area (Å²) in [5, 5.41) is 3.86. The molecule has 0 radical (unpaired) electrons. The van der Waals surface area contributed by atoms with Gasteiger partial charge in [-0.25, -0.2) is 0 Å². The highest BCUT2D eigenvalue weighted by molar-refractivity contribution is 6.07. The molecule has 0 fully saturated rings. The number of hydrogen-bond donors (Lipinski definition) is 1. The zero-order valence-electron chi connectivity index (χ0n) is 12.5. The molecule has 0 spiro atoms. The van der Waals surface area contributed by atoms with Gasteiger partial charge in [0.15, 0.2) is 5.78 Å². The molecule has 3 rings (SSSR count). The third-order valence-corrected chi connectivity index (χ3v) is 3.71. The first-order valence-corrected chi connectivity index (χ1v) is 7.03. The summed E-state index contributed by atoms with van der Waals surface area (Å²) in [5.74, 6) is -0.222. The molecule has 0 unspecified atom stereocenters. The summed E-state index contributed by atoms with van der Waals surface area (Å²) in [6.45, 7) is 1.50. The topological polar surface area (TPSA) is 51.1 Å². The molecule has 1 N–H and O–H groups in total. The Balaban J connectivity index is 1.92. The fourth-order valence-electron chi connectivity index (χ4n) is 2.52. The van der Waals surface area contributed by atoms with E-state index in [1.165, 1.54) is 6.92 Å². The Morgan fingerprint density at radius 3 is 2.50 bits per heavy atom. The van der Waals surface area contributed by atoms with E-state index >= 15 is 0 Å². The second kappa shape index (κ2) is 5.48. The number of benzene rings is 2. The van der Waals surface area contributed by atoms with Crippen molar-refractivity contribution in [1.29, 1.82) is 0 Å². The Bertz CT molecular complexity index is 878. The fourth-order valence-corrected chi connectivity index (χ4v) is 2.52. The van der Waals surface area contributed by atoms with Crippen LogP contribution in [0, 0.1) is 0 Å². The van der Waals surface area contributed by atoms with Crippen LogP contribution in [0.3, 0.4) is 0 Å². The highest BCUT2D eigenvalue weighted by Gasteiger charge is 2.13. The van der Waals surface area contributed by atoms with E-state index in [0.29, 0.717) is 16.9 Å². The van der Waals surface area contributed by atoms with Crippen LogP contribution in [-0.2, 0) is 7.05 Å². The second-order valence-corrected chi connectivity index (χ2v) is 5.24. The van der Waals surface area contributed by atoms with Gasteiger partial charge in [0.25, 0.3) is 5.91 Å². The number of hydrogen-bond acceptors (Lipinski definition) is 2.